The van der Waals surface area contributed by atoms with Crippen LogP contribution >= 0.6 is 0 Å². The first-order valence-corrected chi connectivity index (χ1v) is 9.79. The van der Waals surface area contributed by atoms with Crippen molar-refractivity contribution in [1.29, 1.82) is 0 Å². The number of benzene rings is 4. The lowest BCUT2D eigenvalue weighted by atomic mass is 9.97. The molecule has 4 aromatic carbocycles. The molecule has 0 fully saturated rings. The van der Waals surface area contributed by atoms with Crippen LogP contribution in [0.3, 0.4) is 0 Å². The third-order valence-electron chi connectivity index (χ3n) is 5.00. The lowest BCUT2D eigenvalue weighted by Gasteiger charge is -2.08. The van der Waals surface area contributed by atoms with Crippen molar-refractivity contribution < 1.29 is 9.59 Å². The normalized spacial score (nSPS) is 11.1. The first-order chi connectivity index (χ1) is 14.7. The Morgan fingerprint density at radius 2 is 1.43 bits per heavy atom. The Kier molecular flexibility index (Phi) is 5.52. The highest BCUT2D eigenvalue weighted by Gasteiger charge is 2.13. The van der Waals surface area contributed by atoms with Gasteiger partial charge in [0.1, 0.15) is 0 Å². The maximum absolute atomic E-state index is 12.2. The Bertz CT molecular complexity index is 1210. The zero-order chi connectivity index (χ0) is 20.9. The number of carbonyl (C=O) groups is 2. The molecule has 30 heavy (non-hydrogen) atoms. The molecule has 0 spiro atoms. The third kappa shape index (κ3) is 4.05. The SMILES string of the molecule is CCc1ccc(NC(=O)C(=O)N/N=C\c2c3ccccc3cc3ccccc23)cc1. The number of nitrogens with zero attached hydrogens (tertiary/aromatic N) is 1. The van der Waals surface area contributed by atoms with E-state index in [0.717, 1.165) is 39.1 Å². The van der Waals surface area contributed by atoms with Crippen LogP contribution in [0, 0.1) is 0 Å². The molecule has 0 radical (unpaired) electrons. The van der Waals surface area contributed by atoms with Crippen molar-refractivity contribution in [3.8, 4) is 0 Å². The van der Waals surface area contributed by atoms with Gasteiger partial charge in [-0.05, 0) is 51.7 Å². The molecule has 0 aliphatic carbocycles. The van der Waals surface area contributed by atoms with E-state index in [9.17, 15) is 9.59 Å². The fourth-order valence-corrected chi connectivity index (χ4v) is 3.41. The average Bonchev–Trinajstić information content (AvgIpc) is 2.79. The summed E-state index contributed by atoms with van der Waals surface area (Å²) in [5.41, 5.74) is 4.93. The van der Waals surface area contributed by atoms with Gasteiger partial charge in [-0.25, -0.2) is 5.43 Å². The van der Waals surface area contributed by atoms with Crippen LogP contribution in [0.15, 0.2) is 84.0 Å². The number of hydrogen-bond acceptors (Lipinski definition) is 3. The van der Waals surface area contributed by atoms with E-state index in [1.165, 1.54) is 0 Å². The van der Waals surface area contributed by atoms with Gasteiger partial charge >= 0.3 is 11.8 Å². The Morgan fingerprint density at radius 1 is 0.833 bits per heavy atom. The minimum absolute atomic E-state index is 0.566. The fourth-order valence-electron chi connectivity index (χ4n) is 3.41. The molecule has 2 amide bonds. The first-order valence-electron chi connectivity index (χ1n) is 9.79. The third-order valence-corrected chi connectivity index (χ3v) is 5.00. The highest BCUT2D eigenvalue weighted by Crippen LogP contribution is 2.27. The van der Waals surface area contributed by atoms with Crippen LogP contribution in [0.1, 0.15) is 18.1 Å². The van der Waals surface area contributed by atoms with Crippen LogP contribution in [0.4, 0.5) is 5.69 Å². The van der Waals surface area contributed by atoms with E-state index < -0.39 is 11.8 Å². The number of nitrogens with one attached hydrogen (secondary N) is 2. The quantitative estimate of drug-likeness (QED) is 0.229. The molecule has 0 saturated heterocycles. The van der Waals surface area contributed by atoms with Crippen molar-refractivity contribution in [2.24, 2.45) is 5.10 Å². The molecule has 0 atom stereocenters. The van der Waals surface area contributed by atoms with Gasteiger partial charge in [0.2, 0.25) is 0 Å². The summed E-state index contributed by atoms with van der Waals surface area (Å²) in [5, 5.41) is 10.8. The molecule has 2 N–H and O–H groups in total. The Labute approximate surface area is 174 Å². The van der Waals surface area contributed by atoms with Gasteiger partial charge in [0.25, 0.3) is 0 Å². The zero-order valence-corrected chi connectivity index (χ0v) is 16.6. The summed E-state index contributed by atoms with van der Waals surface area (Å²) in [7, 11) is 0. The molecule has 148 valence electrons. The molecule has 4 rings (SSSR count). The van der Waals surface area contributed by atoms with Gasteiger partial charge < -0.3 is 5.32 Å². The minimum atomic E-state index is -0.824. The van der Waals surface area contributed by atoms with Crippen LogP contribution in [0.5, 0.6) is 0 Å². The molecule has 0 unspecified atom stereocenters. The lowest BCUT2D eigenvalue weighted by Crippen LogP contribution is -2.32. The number of hydrogen-bond donors (Lipinski definition) is 2. The van der Waals surface area contributed by atoms with Gasteiger partial charge in [-0.2, -0.15) is 5.10 Å². The summed E-state index contributed by atoms with van der Waals surface area (Å²) in [4.78, 5) is 24.3. The van der Waals surface area contributed by atoms with Gasteiger partial charge in [-0.1, -0.05) is 67.6 Å². The summed E-state index contributed by atoms with van der Waals surface area (Å²) in [6.45, 7) is 2.05. The van der Waals surface area contributed by atoms with E-state index in [4.69, 9.17) is 0 Å². The molecular formula is C25H21N3O2. The van der Waals surface area contributed by atoms with Crippen LogP contribution in [-0.2, 0) is 16.0 Å². The fraction of sp³-hybridized carbons (Fsp3) is 0.0800. The van der Waals surface area contributed by atoms with Crippen molar-refractivity contribution in [1.82, 2.24) is 5.43 Å². The van der Waals surface area contributed by atoms with E-state index in [1.807, 2.05) is 60.7 Å². The van der Waals surface area contributed by atoms with Gasteiger partial charge in [-0.3, -0.25) is 9.59 Å². The second-order valence-electron chi connectivity index (χ2n) is 6.94. The van der Waals surface area contributed by atoms with Gasteiger partial charge in [0.05, 0.1) is 6.21 Å². The summed E-state index contributed by atoms with van der Waals surface area (Å²) >= 11 is 0. The van der Waals surface area contributed by atoms with E-state index in [2.05, 4.69) is 28.8 Å². The summed E-state index contributed by atoms with van der Waals surface area (Å²) < 4.78 is 0. The molecule has 0 aliphatic rings. The van der Waals surface area contributed by atoms with Crippen LogP contribution < -0.4 is 10.7 Å². The van der Waals surface area contributed by atoms with E-state index in [0.29, 0.717) is 5.69 Å². The molecule has 0 aliphatic heterocycles. The van der Waals surface area contributed by atoms with Gasteiger partial charge in [0.15, 0.2) is 0 Å². The number of hydrazone groups is 1. The van der Waals surface area contributed by atoms with Crippen LogP contribution in [0.25, 0.3) is 21.5 Å². The second-order valence-corrected chi connectivity index (χ2v) is 6.94. The van der Waals surface area contributed by atoms with Gasteiger partial charge in [0, 0.05) is 11.3 Å². The van der Waals surface area contributed by atoms with Crippen LogP contribution in [0.2, 0.25) is 0 Å². The van der Waals surface area contributed by atoms with E-state index >= 15 is 0 Å². The first kappa shape index (κ1) is 19.3. The van der Waals surface area contributed by atoms with Crippen molar-refractivity contribution in [3.63, 3.8) is 0 Å². The Morgan fingerprint density at radius 3 is 2.03 bits per heavy atom. The molecule has 0 aromatic heterocycles. The highest BCUT2D eigenvalue weighted by molar-refractivity contribution is 6.39. The molecule has 5 heteroatoms. The Hall–Kier alpha value is -3.99. The van der Waals surface area contributed by atoms with Crippen molar-refractivity contribution in [2.75, 3.05) is 5.32 Å². The zero-order valence-electron chi connectivity index (χ0n) is 16.6. The number of rotatable bonds is 4. The van der Waals surface area contributed by atoms with Gasteiger partial charge in [-0.15, -0.1) is 0 Å². The summed E-state index contributed by atoms with van der Waals surface area (Å²) in [6.07, 6.45) is 2.50. The molecule has 0 saturated carbocycles. The largest absolute Gasteiger partial charge is 0.329 e. The number of anilines is 1. The van der Waals surface area contributed by atoms with Crippen molar-refractivity contribution in [3.05, 3.63) is 90.0 Å². The number of aryl methyl sites for hydroxylation is 1. The minimum Gasteiger partial charge on any atom is -0.318 e. The maximum atomic E-state index is 12.2. The molecule has 0 bridgehead atoms. The number of amides is 2. The average molecular weight is 395 g/mol. The number of carbonyl (C=O) groups excluding carboxylic acids is 2. The molecule has 5 nitrogen and oxygen atoms in total. The summed E-state index contributed by atoms with van der Waals surface area (Å²) in [5.74, 6) is -1.59. The second kappa shape index (κ2) is 8.57. The summed E-state index contributed by atoms with van der Waals surface area (Å²) in [6, 6.07) is 25.5. The Balaban J connectivity index is 1.52. The monoisotopic (exact) mass is 395 g/mol. The smallest absolute Gasteiger partial charge is 0.318 e. The number of fused-ring (bicyclic) bond motifs is 2. The standard InChI is InChI=1S/C25H21N3O2/c1-2-17-11-13-20(14-12-17)27-24(29)25(30)28-26-16-23-21-9-5-3-7-18(21)15-19-8-4-6-10-22(19)23/h3-16H,2H2,1H3,(H,27,29)(H,28,30)/b26-16-. The van der Waals surface area contributed by atoms with E-state index in [1.54, 1.807) is 18.3 Å². The molecule has 4 aromatic rings. The molecule has 0 heterocycles. The van der Waals surface area contributed by atoms with Crippen LogP contribution in [-0.4, -0.2) is 18.0 Å². The highest BCUT2D eigenvalue weighted by atomic mass is 16.2. The lowest BCUT2D eigenvalue weighted by molar-refractivity contribution is -0.136. The maximum Gasteiger partial charge on any atom is 0.329 e. The predicted octanol–water partition coefficient (Wildman–Crippen LogP) is 4.64. The van der Waals surface area contributed by atoms with E-state index in [-0.39, 0.29) is 0 Å². The van der Waals surface area contributed by atoms with Crippen molar-refractivity contribution >= 4 is 45.3 Å². The molecular weight excluding hydrogens is 374 g/mol. The predicted molar refractivity (Wildman–Crippen MR) is 122 cm³/mol. The van der Waals surface area contributed by atoms with Crippen molar-refractivity contribution in [2.45, 2.75) is 13.3 Å². The topological polar surface area (TPSA) is 70.6 Å².